The molecule has 0 aromatic heterocycles. The quantitative estimate of drug-likeness (QED) is 0.772. The lowest BCUT2D eigenvalue weighted by Crippen LogP contribution is -2.52. The van der Waals surface area contributed by atoms with Crippen molar-refractivity contribution in [2.45, 2.75) is 45.2 Å². The van der Waals surface area contributed by atoms with Crippen LogP contribution in [0.3, 0.4) is 0 Å². The number of rotatable bonds is 5. The number of nitrogens with two attached hydrogens (primary N) is 1. The third-order valence-electron chi connectivity index (χ3n) is 4.72. The lowest BCUT2D eigenvalue weighted by atomic mass is 9.97. The van der Waals surface area contributed by atoms with Gasteiger partial charge in [0.25, 0.3) is 0 Å². The second-order valence-electron chi connectivity index (χ2n) is 6.48. The molecule has 0 bridgehead atoms. The van der Waals surface area contributed by atoms with Crippen molar-refractivity contribution in [3.05, 3.63) is 30.3 Å². The number of nitrogens with one attached hydrogen (secondary N) is 2. The molecular weight excluding hydrogens is 304 g/mol. The van der Waals surface area contributed by atoms with Crippen molar-refractivity contribution in [2.24, 2.45) is 11.7 Å². The number of hydrogen-bond acceptors (Lipinski definition) is 3. The number of hydrogen-bond donors (Lipinski definition) is 3. The monoisotopic (exact) mass is 332 g/mol. The molecule has 1 fully saturated rings. The Morgan fingerprint density at radius 3 is 2.46 bits per heavy atom. The molecule has 1 saturated heterocycles. The summed E-state index contributed by atoms with van der Waals surface area (Å²) in [6.07, 6.45) is 2.40. The first-order valence-electron chi connectivity index (χ1n) is 8.68. The van der Waals surface area contributed by atoms with E-state index in [-0.39, 0.29) is 23.9 Å². The molecule has 1 aliphatic heterocycles. The number of anilines is 1. The fourth-order valence-corrected chi connectivity index (χ4v) is 2.83. The molecule has 0 spiro atoms. The second-order valence-corrected chi connectivity index (χ2v) is 6.48. The summed E-state index contributed by atoms with van der Waals surface area (Å²) in [4.78, 5) is 26.2. The molecule has 0 radical (unpaired) electrons. The van der Waals surface area contributed by atoms with Crippen LogP contribution in [-0.2, 0) is 4.79 Å². The van der Waals surface area contributed by atoms with Gasteiger partial charge in [-0.25, -0.2) is 4.79 Å². The van der Waals surface area contributed by atoms with E-state index in [9.17, 15) is 9.59 Å². The molecule has 0 saturated carbocycles. The number of urea groups is 1. The highest BCUT2D eigenvalue weighted by Crippen LogP contribution is 2.15. The average molecular weight is 332 g/mol. The first-order chi connectivity index (χ1) is 11.5. The van der Waals surface area contributed by atoms with Crippen LogP contribution < -0.4 is 16.4 Å². The van der Waals surface area contributed by atoms with Crippen LogP contribution in [0.25, 0.3) is 0 Å². The van der Waals surface area contributed by atoms with Gasteiger partial charge in [0.15, 0.2) is 0 Å². The van der Waals surface area contributed by atoms with Gasteiger partial charge in [0, 0.05) is 24.8 Å². The Labute approximate surface area is 143 Å². The molecule has 6 nitrogen and oxygen atoms in total. The zero-order valence-corrected chi connectivity index (χ0v) is 14.5. The van der Waals surface area contributed by atoms with Crippen LogP contribution in [0.5, 0.6) is 0 Å². The van der Waals surface area contributed by atoms with Crippen molar-refractivity contribution < 1.29 is 9.59 Å². The lowest BCUT2D eigenvalue weighted by molar-refractivity contribution is -0.134. The molecule has 1 aliphatic rings. The highest BCUT2D eigenvalue weighted by Gasteiger charge is 2.29. The average Bonchev–Trinajstić information content (AvgIpc) is 2.61. The van der Waals surface area contributed by atoms with E-state index in [1.54, 1.807) is 0 Å². The van der Waals surface area contributed by atoms with E-state index in [1.807, 2.05) is 49.1 Å². The van der Waals surface area contributed by atoms with Crippen molar-refractivity contribution in [3.63, 3.8) is 0 Å². The van der Waals surface area contributed by atoms with Crippen molar-refractivity contribution in [3.8, 4) is 0 Å². The third-order valence-corrected chi connectivity index (χ3v) is 4.72. The summed E-state index contributed by atoms with van der Waals surface area (Å²) in [5.41, 5.74) is 6.80. The molecule has 2 rings (SSSR count). The van der Waals surface area contributed by atoms with Crippen molar-refractivity contribution in [1.82, 2.24) is 10.2 Å². The minimum absolute atomic E-state index is 0.0246. The Balaban J connectivity index is 1.76. The Morgan fingerprint density at radius 1 is 1.25 bits per heavy atom. The molecule has 1 aromatic rings. The van der Waals surface area contributed by atoms with E-state index in [4.69, 9.17) is 5.73 Å². The molecule has 1 aromatic carbocycles. The summed E-state index contributed by atoms with van der Waals surface area (Å²) >= 11 is 0. The van der Waals surface area contributed by atoms with Gasteiger partial charge in [0.2, 0.25) is 5.91 Å². The molecule has 2 unspecified atom stereocenters. The Kier molecular flexibility index (Phi) is 6.61. The molecule has 1 heterocycles. The van der Waals surface area contributed by atoms with Crippen molar-refractivity contribution >= 4 is 17.6 Å². The largest absolute Gasteiger partial charge is 0.341 e. The molecule has 24 heavy (non-hydrogen) atoms. The van der Waals surface area contributed by atoms with Crippen LogP contribution >= 0.6 is 0 Å². The van der Waals surface area contributed by atoms with Crippen LogP contribution in [0.1, 0.15) is 33.1 Å². The van der Waals surface area contributed by atoms with Gasteiger partial charge in [-0.2, -0.15) is 0 Å². The van der Waals surface area contributed by atoms with Crippen molar-refractivity contribution in [1.29, 1.82) is 0 Å². The van der Waals surface area contributed by atoms with Gasteiger partial charge in [0.05, 0.1) is 6.04 Å². The maximum Gasteiger partial charge on any atom is 0.319 e. The summed E-state index contributed by atoms with van der Waals surface area (Å²) in [5, 5.41) is 5.78. The van der Waals surface area contributed by atoms with E-state index in [0.29, 0.717) is 13.1 Å². The van der Waals surface area contributed by atoms with Crippen LogP contribution in [0.2, 0.25) is 0 Å². The van der Waals surface area contributed by atoms with Crippen molar-refractivity contribution in [2.75, 3.05) is 18.4 Å². The van der Waals surface area contributed by atoms with E-state index in [2.05, 4.69) is 10.6 Å². The smallest absolute Gasteiger partial charge is 0.319 e. The summed E-state index contributed by atoms with van der Waals surface area (Å²) in [6, 6.07) is 8.79. The van der Waals surface area contributed by atoms with E-state index < -0.39 is 6.04 Å². The topological polar surface area (TPSA) is 87.5 Å². The maximum atomic E-state index is 12.4. The van der Waals surface area contributed by atoms with Gasteiger partial charge in [-0.15, -0.1) is 0 Å². The fraction of sp³-hybridized carbons (Fsp3) is 0.556. The highest BCUT2D eigenvalue weighted by atomic mass is 16.2. The van der Waals surface area contributed by atoms with E-state index >= 15 is 0 Å². The molecule has 2 atom stereocenters. The summed E-state index contributed by atoms with van der Waals surface area (Å²) < 4.78 is 0. The zero-order valence-electron chi connectivity index (χ0n) is 14.5. The third kappa shape index (κ3) is 4.96. The normalized spacial score (nSPS) is 17.9. The van der Waals surface area contributed by atoms with Crippen LogP contribution in [0.15, 0.2) is 30.3 Å². The predicted molar refractivity (Wildman–Crippen MR) is 95.6 cm³/mol. The van der Waals surface area contributed by atoms with E-state index in [1.165, 1.54) is 0 Å². The number of carbonyl (C=O) groups excluding carboxylic acids is 2. The van der Waals surface area contributed by atoms with Gasteiger partial charge >= 0.3 is 6.03 Å². The highest BCUT2D eigenvalue weighted by molar-refractivity contribution is 5.89. The summed E-state index contributed by atoms with van der Waals surface area (Å²) in [6.45, 7) is 5.32. The second kappa shape index (κ2) is 8.68. The molecule has 132 valence electrons. The molecule has 3 amide bonds. The number of carbonyl (C=O) groups is 2. The number of piperidine rings is 1. The zero-order chi connectivity index (χ0) is 17.5. The van der Waals surface area contributed by atoms with Crippen LogP contribution in [-0.4, -0.2) is 42.0 Å². The van der Waals surface area contributed by atoms with Gasteiger partial charge in [-0.05, 0) is 30.9 Å². The number of nitrogens with zero attached hydrogens (tertiary/aromatic N) is 1. The lowest BCUT2D eigenvalue weighted by Gasteiger charge is -2.34. The number of likely N-dealkylation sites (tertiary alicyclic amines) is 1. The van der Waals surface area contributed by atoms with Gasteiger partial charge in [-0.1, -0.05) is 38.5 Å². The fourth-order valence-electron chi connectivity index (χ4n) is 2.83. The SMILES string of the molecule is CCC(C)C(N)C(=O)N1CCC(NC(=O)Nc2ccccc2)CC1. The minimum Gasteiger partial charge on any atom is -0.341 e. The molecule has 0 aliphatic carbocycles. The Morgan fingerprint density at radius 2 is 1.88 bits per heavy atom. The first kappa shape index (κ1) is 18.3. The minimum atomic E-state index is -0.430. The Hall–Kier alpha value is -2.08. The predicted octanol–water partition coefficient (Wildman–Crippen LogP) is 2.17. The van der Waals surface area contributed by atoms with Gasteiger partial charge < -0.3 is 21.3 Å². The first-order valence-corrected chi connectivity index (χ1v) is 8.68. The number of para-hydroxylation sites is 1. The standard InChI is InChI=1S/C18H28N4O2/c1-3-13(2)16(19)17(23)22-11-9-15(10-12-22)21-18(24)20-14-7-5-4-6-8-14/h4-8,13,15-16H,3,9-12,19H2,1-2H3,(H2,20,21,24). The molecule has 6 heteroatoms. The van der Waals surface area contributed by atoms with Gasteiger partial charge in [-0.3, -0.25) is 4.79 Å². The molecule has 4 N–H and O–H groups in total. The summed E-state index contributed by atoms with van der Waals surface area (Å²) in [5.74, 6) is 0.210. The number of amides is 3. The maximum absolute atomic E-state index is 12.4. The number of benzene rings is 1. The van der Waals surface area contributed by atoms with E-state index in [0.717, 1.165) is 24.9 Å². The Bertz CT molecular complexity index is 541. The summed E-state index contributed by atoms with van der Waals surface area (Å²) in [7, 11) is 0. The van der Waals surface area contributed by atoms with Crippen LogP contribution in [0, 0.1) is 5.92 Å². The molecular formula is C18H28N4O2. The van der Waals surface area contributed by atoms with Crippen LogP contribution in [0.4, 0.5) is 10.5 Å². The van der Waals surface area contributed by atoms with Gasteiger partial charge in [0.1, 0.15) is 0 Å².